The molecule has 0 N–H and O–H groups in total. The van der Waals surface area contributed by atoms with Crippen LogP contribution in [0.4, 0.5) is 0 Å². The SMILES string of the molecule is COCCOc1ccc(CC(=O)OC)cc1. The highest BCUT2D eigenvalue weighted by Gasteiger charge is 2.02. The third kappa shape index (κ3) is 4.31. The minimum Gasteiger partial charge on any atom is -0.491 e. The lowest BCUT2D eigenvalue weighted by atomic mass is 10.1. The zero-order chi connectivity index (χ0) is 11.8. The molecule has 0 aromatic heterocycles. The number of carbonyl (C=O) groups excluding carboxylic acids is 1. The van der Waals surface area contributed by atoms with Crippen molar-refractivity contribution in [2.75, 3.05) is 27.4 Å². The molecule has 1 aromatic carbocycles. The van der Waals surface area contributed by atoms with Gasteiger partial charge in [0.05, 0.1) is 20.1 Å². The molecule has 0 heterocycles. The van der Waals surface area contributed by atoms with Crippen molar-refractivity contribution < 1.29 is 19.0 Å². The Morgan fingerprint density at radius 1 is 1.12 bits per heavy atom. The number of methoxy groups -OCH3 is 2. The van der Waals surface area contributed by atoms with Crippen LogP contribution in [-0.2, 0) is 20.7 Å². The van der Waals surface area contributed by atoms with Gasteiger partial charge in [0, 0.05) is 7.11 Å². The van der Waals surface area contributed by atoms with E-state index >= 15 is 0 Å². The van der Waals surface area contributed by atoms with Gasteiger partial charge in [0.2, 0.25) is 0 Å². The monoisotopic (exact) mass is 224 g/mol. The summed E-state index contributed by atoms with van der Waals surface area (Å²) in [5, 5.41) is 0. The third-order valence-corrected chi connectivity index (χ3v) is 2.06. The highest BCUT2D eigenvalue weighted by Crippen LogP contribution is 2.12. The summed E-state index contributed by atoms with van der Waals surface area (Å²) in [6.45, 7) is 1.08. The van der Waals surface area contributed by atoms with Crippen LogP contribution in [0.3, 0.4) is 0 Å². The van der Waals surface area contributed by atoms with Gasteiger partial charge >= 0.3 is 5.97 Å². The molecule has 0 saturated heterocycles. The molecule has 88 valence electrons. The second-order valence-electron chi connectivity index (χ2n) is 3.24. The lowest BCUT2D eigenvalue weighted by molar-refractivity contribution is -0.139. The predicted molar refractivity (Wildman–Crippen MR) is 59.5 cm³/mol. The van der Waals surface area contributed by atoms with Crippen molar-refractivity contribution in [2.45, 2.75) is 6.42 Å². The first kappa shape index (κ1) is 12.5. The smallest absolute Gasteiger partial charge is 0.309 e. The zero-order valence-electron chi connectivity index (χ0n) is 9.56. The van der Waals surface area contributed by atoms with E-state index in [0.29, 0.717) is 13.2 Å². The van der Waals surface area contributed by atoms with Crippen LogP contribution >= 0.6 is 0 Å². The normalized spacial score (nSPS) is 9.88. The second kappa shape index (κ2) is 6.85. The van der Waals surface area contributed by atoms with Crippen molar-refractivity contribution in [3.05, 3.63) is 29.8 Å². The summed E-state index contributed by atoms with van der Waals surface area (Å²) < 4.78 is 14.8. The van der Waals surface area contributed by atoms with Gasteiger partial charge in [-0.25, -0.2) is 0 Å². The number of rotatable bonds is 6. The Kier molecular flexibility index (Phi) is 5.36. The molecule has 0 aliphatic heterocycles. The highest BCUT2D eigenvalue weighted by molar-refractivity contribution is 5.72. The standard InChI is InChI=1S/C12H16O4/c1-14-7-8-16-11-5-3-10(4-6-11)9-12(13)15-2/h3-6H,7-9H2,1-2H3. The van der Waals surface area contributed by atoms with Crippen LogP contribution in [0.15, 0.2) is 24.3 Å². The second-order valence-corrected chi connectivity index (χ2v) is 3.24. The lowest BCUT2D eigenvalue weighted by Gasteiger charge is -2.06. The molecular formula is C12H16O4. The summed E-state index contributed by atoms with van der Waals surface area (Å²) in [5.74, 6) is 0.527. The number of ether oxygens (including phenoxy) is 3. The molecule has 0 radical (unpaired) electrons. The molecule has 0 bridgehead atoms. The Labute approximate surface area is 95.1 Å². The van der Waals surface area contributed by atoms with Crippen molar-refractivity contribution in [3.8, 4) is 5.75 Å². The largest absolute Gasteiger partial charge is 0.491 e. The predicted octanol–water partition coefficient (Wildman–Crippen LogP) is 1.43. The molecule has 1 rings (SSSR count). The van der Waals surface area contributed by atoms with E-state index in [1.807, 2.05) is 24.3 Å². The van der Waals surface area contributed by atoms with Gasteiger partial charge in [0.15, 0.2) is 0 Å². The van der Waals surface area contributed by atoms with Crippen LogP contribution in [0.25, 0.3) is 0 Å². The van der Waals surface area contributed by atoms with E-state index in [4.69, 9.17) is 9.47 Å². The first-order valence-corrected chi connectivity index (χ1v) is 5.03. The summed E-state index contributed by atoms with van der Waals surface area (Å²) in [6.07, 6.45) is 0.287. The first-order chi connectivity index (χ1) is 7.76. The van der Waals surface area contributed by atoms with Crippen molar-refractivity contribution in [3.63, 3.8) is 0 Å². The van der Waals surface area contributed by atoms with Crippen LogP contribution in [0.2, 0.25) is 0 Å². The Balaban J connectivity index is 2.44. The number of esters is 1. The van der Waals surface area contributed by atoms with E-state index in [1.165, 1.54) is 7.11 Å². The molecule has 4 nitrogen and oxygen atoms in total. The summed E-state index contributed by atoms with van der Waals surface area (Å²) in [6, 6.07) is 7.35. The number of hydrogen-bond donors (Lipinski definition) is 0. The van der Waals surface area contributed by atoms with E-state index in [0.717, 1.165) is 11.3 Å². The van der Waals surface area contributed by atoms with Crippen molar-refractivity contribution in [1.82, 2.24) is 0 Å². The van der Waals surface area contributed by atoms with Gasteiger partial charge in [0.25, 0.3) is 0 Å². The molecule has 0 atom stereocenters. The molecule has 0 aliphatic carbocycles. The van der Waals surface area contributed by atoms with E-state index in [2.05, 4.69) is 4.74 Å². The molecule has 16 heavy (non-hydrogen) atoms. The number of carbonyl (C=O) groups is 1. The van der Waals surface area contributed by atoms with Crippen molar-refractivity contribution in [1.29, 1.82) is 0 Å². The van der Waals surface area contributed by atoms with Gasteiger partial charge in [-0.3, -0.25) is 4.79 Å². The van der Waals surface area contributed by atoms with Crippen molar-refractivity contribution >= 4 is 5.97 Å². The molecule has 0 spiro atoms. The fraction of sp³-hybridized carbons (Fsp3) is 0.417. The maximum absolute atomic E-state index is 11.0. The van der Waals surface area contributed by atoms with Crippen LogP contribution in [0, 0.1) is 0 Å². The Bertz CT molecular complexity index is 318. The average Bonchev–Trinajstić information content (AvgIpc) is 2.31. The van der Waals surface area contributed by atoms with Gasteiger partial charge in [-0.1, -0.05) is 12.1 Å². The Morgan fingerprint density at radius 2 is 1.81 bits per heavy atom. The van der Waals surface area contributed by atoms with E-state index in [9.17, 15) is 4.79 Å². The Hall–Kier alpha value is -1.55. The number of hydrogen-bond acceptors (Lipinski definition) is 4. The summed E-state index contributed by atoms with van der Waals surface area (Å²) in [4.78, 5) is 11.0. The molecule has 0 amide bonds. The molecule has 0 unspecified atom stereocenters. The van der Waals surface area contributed by atoms with Crippen LogP contribution in [0.1, 0.15) is 5.56 Å². The van der Waals surface area contributed by atoms with Crippen LogP contribution in [0.5, 0.6) is 5.75 Å². The average molecular weight is 224 g/mol. The van der Waals surface area contributed by atoms with Crippen LogP contribution < -0.4 is 4.74 Å². The molecule has 1 aromatic rings. The Morgan fingerprint density at radius 3 is 2.38 bits per heavy atom. The summed E-state index contributed by atoms with van der Waals surface area (Å²) >= 11 is 0. The number of benzene rings is 1. The molecule has 4 heteroatoms. The van der Waals surface area contributed by atoms with Gasteiger partial charge < -0.3 is 14.2 Å². The fourth-order valence-corrected chi connectivity index (χ4v) is 1.19. The van der Waals surface area contributed by atoms with Crippen LogP contribution in [-0.4, -0.2) is 33.4 Å². The quantitative estimate of drug-likeness (QED) is 0.541. The van der Waals surface area contributed by atoms with E-state index in [-0.39, 0.29) is 12.4 Å². The zero-order valence-corrected chi connectivity index (χ0v) is 9.56. The molecule has 0 fully saturated rings. The maximum atomic E-state index is 11.0. The summed E-state index contributed by atoms with van der Waals surface area (Å²) in [7, 11) is 3.01. The van der Waals surface area contributed by atoms with Gasteiger partial charge in [-0.15, -0.1) is 0 Å². The van der Waals surface area contributed by atoms with Crippen molar-refractivity contribution in [2.24, 2.45) is 0 Å². The maximum Gasteiger partial charge on any atom is 0.309 e. The van der Waals surface area contributed by atoms with E-state index < -0.39 is 0 Å². The van der Waals surface area contributed by atoms with Gasteiger partial charge in [-0.05, 0) is 17.7 Å². The molecule has 0 aliphatic rings. The summed E-state index contributed by atoms with van der Waals surface area (Å²) in [5.41, 5.74) is 0.908. The first-order valence-electron chi connectivity index (χ1n) is 5.03. The van der Waals surface area contributed by atoms with Gasteiger partial charge in [-0.2, -0.15) is 0 Å². The minimum atomic E-state index is -0.243. The molecular weight excluding hydrogens is 208 g/mol. The lowest BCUT2D eigenvalue weighted by Crippen LogP contribution is -2.05. The minimum absolute atomic E-state index is 0.243. The van der Waals surface area contributed by atoms with Gasteiger partial charge in [0.1, 0.15) is 12.4 Å². The topological polar surface area (TPSA) is 44.8 Å². The molecule has 0 saturated carbocycles. The fourth-order valence-electron chi connectivity index (χ4n) is 1.19. The van der Waals surface area contributed by atoms with E-state index in [1.54, 1.807) is 7.11 Å². The third-order valence-electron chi connectivity index (χ3n) is 2.06. The highest BCUT2D eigenvalue weighted by atomic mass is 16.5.